The monoisotopic (exact) mass is 239 g/mol. The van der Waals surface area contributed by atoms with Crippen molar-refractivity contribution in [3.8, 4) is 0 Å². The van der Waals surface area contributed by atoms with Gasteiger partial charge in [0.15, 0.2) is 0 Å². The molecule has 3 atom stereocenters. The number of hydrazine groups is 1. The van der Waals surface area contributed by atoms with Crippen LogP contribution in [0.1, 0.15) is 52.4 Å². The van der Waals surface area contributed by atoms with E-state index in [1.165, 1.54) is 51.6 Å². The first-order valence-corrected chi connectivity index (χ1v) is 7.38. The van der Waals surface area contributed by atoms with Crippen molar-refractivity contribution in [1.82, 2.24) is 10.4 Å². The van der Waals surface area contributed by atoms with Crippen molar-refractivity contribution < 1.29 is 0 Å². The zero-order valence-corrected chi connectivity index (χ0v) is 11.5. The normalized spacial score (nSPS) is 40.4. The van der Waals surface area contributed by atoms with Crippen LogP contribution in [-0.2, 0) is 0 Å². The molecule has 100 valence electrons. The summed E-state index contributed by atoms with van der Waals surface area (Å²) in [5, 5.41) is 2.43. The van der Waals surface area contributed by atoms with Crippen LogP contribution in [-0.4, -0.2) is 30.2 Å². The molecule has 2 aliphatic rings. The first-order valence-electron chi connectivity index (χ1n) is 7.38. The van der Waals surface area contributed by atoms with Gasteiger partial charge in [-0.25, -0.2) is 10.4 Å². The maximum Gasteiger partial charge on any atom is 0.0450 e. The molecule has 0 amide bonds. The Morgan fingerprint density at radius 3 is 2.47 bits per heavy atom. The van der Waals surface area contributed by atoms with Gasteiger partial charge < -0.3 is 5.73 Å². The largest absolute Gasteiger partial charge is 0.329 e. The Labute approximate surface area is 106 Å². The molecule has 1 heterocycles. The molecule has 2 fully saturated rings. The molecule has 17 heavy (non-hydrogen) atoms. The van der Waals surface area contributed by atoms with Crippen LogP contribution >= 0.6 is 0 Å². The summed E-state index contributed by atoms with van der Waals surface area (Å²) < 4.78 is 0. The van der Waals surface area contributed by atoms with Gasteiger partial charge in [0.05, 0.1) is 0 Å². The van der Waals surface area contributed by atoms with Crippen LogP contribution in [0, 0.1) is 11.8 Å². The fourth-order valence-electron chi connectivity index (χ4n) is 3.38. The zero-order valence-electron chi connectivity index (χ0n) is 11.5. The number of nitrogens with two attached hydrogens (primary N) is 1. The van der Waals surface area contributed by atoms with E-state index in [2.05, 4.69) is 24.3 Å². The summed E-state index contributed by atoms with van der Waals surface area (Å²) in [5.41, 5.74) is 10.0. The Kier molecular flexibility index (Phi) is 4.45. The number of hydrogen-bond acceptors (Lipinski definition) is 3. The van der Waals surface area contributed by atoms with Crippen molar-refractivity contribution in [2.75, 3.05) is 19.6 Å². The molecule has 3 nitrogen and oxygen atoms in total. The van der Waals surface area contributed by atoms with E-state index in [1.54, 1.807) is 0 Å². The minimum Gasteiger partial charge on any atom is -0.329 e. The van der Waals surface area contributed by atoms with Crippen LogP contribution in [0.2, 0.25) is 0 Å². The molecule has 1 aliphatic carbocycles. The van der Waals surface area contributed by atoms with Crippen molar-refractivity contribution in [2.24, 2.45) is 17.6 Å². The Bertz CT molecular complexity index is 238. The van der Waals surface area contributed by atoms with Crippen molar-refractivity contribution >= 4 is 0 Å². The summed E-state index contributed by atoms with van der Waals surface area (Å²) in [6, 6.07) is 0. The Balaban J connectivity index is 1.94. The predicted molar refractivity (Wildman–Crippen MR) is 72.5 cm³/mol. The van der Waals surface area contributed by atoms with Gasteiger partial charge in [0.25, 0.3) is 0 Å². The zero-order chi connectivity index (χ0) is 12.3. The van der Waals surface area contributed by atoms with E-state index in [-0.39, 0.29) is 5.54 Å². The smallest absolute Gasteiger partial charge is 0.0450 e. The Hall–Kier alpha value is -0.120. The third-order valence-corrected chi connectivity index (χ3v) is 4.90. The number of piperidine rings is 1. The first-order chi connectivity index (χ1) is 8.15. The van der Waals surface area contributed by atoms with E-state index >= 15 is 0 Å². The highest BCUT2D eigenvalue weighted by molar-refractivity contribution is 4.95. The molecule has 1 aliphatic heterocycles. The summed E-state index contributed by atoms with van der Waals surface area (Å²) in [4.78, 5) is 0. The average molecular weight is 239 g/mol. The van der Waals surface area contributed by atoms with Gasteiger partial charge in [-0.05, 0) is 43.9 Å². The standard InChI is InChI=1S/C14H29N3/c1-12-6-7-14(11-15,10-13(12)2)16-17-8-4-3-5-9-17/h12-13,16H,3-11,15H2,1-2H3. The van der Waals surface area contributed by atoms with Crippen molar-refractivity contribution in [1.29, 1.82) is 0 Å². The van der Waals surface area contributed by atoms with Crippen LogP contribution in [0.25, 0.3) is 0 Å². The molecule has 2 rings (SSSR count). The first kappa shape index (κ1) is 13.3. The van der Waals surface area contributed by atoms with Crippen molar-refractivity contribution in [2.45, 2.75) is 57.9 Å². The third-order valence-electron chi connectivity index (χ3n) is 4.90. The molecule has 3 N–H and O–H groups in total. The number of hydrogen-bond donors (Lipinski definition) is 2. The topological polar surface area (TPSA) is 41.3 Å². The molecule has 3 heteroatoms. The lowest BCUT2D eigenvalue weighted by Gasteiger charge is -2.46. The molecule has 0 spiro atoms. The van der Waals surface area contributed by atoms with Crippen molar-refractivity contribution in [3.05, 3.63) is 0 Å². The highest BCUT2D eigenvalue weighted by Gasteiger charge is 2.37. The second kappa shape index (κ2) is 5.68. The fourth-order valence-corrected chi connectivity index (χ4v) is 3.38. The second-order valence-corrected chi connectivity index (χ2v) is 6.34. The maximum atomic E-state index is 6.07. The highest BCUT2D eigenvalue weighted by Crippen LogP contribution is 2.36. The van der Waals surface area contributed by atoms with Gasteiger partial charge in [0, 0.05) is 25.2 Å². The molecule has 0 aromatic heterocycles. The maximum absolute atomic E-state index is 6.07. The van der Waals surface area contributed by atoms with Gasteiger partial charge >= 0.3 is 0 Å². The number of nitrogens with one attached hydrogen (secondary N) is 1. The van der Waals surface area contributed by atoms with Crippen LogP contribution in [0.4, 0.5) is 0 Å². The molecular weight excluding hydrogens is 210 g/mol. The third kappa shape index (κ3) is 3.21. The van der Waals surface area contributed by atoms with E-state index in [0.29, 0.717) is 0 Å². The van der Waals surface area contributed by atoms with E-state index in [0.717, 1.165) is 18.4 Å². The predicted octanol–water partition coefficient (Wildman–Crippen LogP) is 2.13. The summed E-state index contributed by atoms with van der Waals surface area (Å²) in [7, 11) is 0. The second-order valence-electron chi connectivity index (χ2n) is 6.34. The van der Waals surface area contributed by atoms with E-state index in [1.807, 2.05) is 0 Å². The molecule has 0 radical (unpaired) electrons. The van der Waals surface area contributed by atoms with Crippen LogP contribution in [0.3, 0.4) is 0 Å². The van der Waals surface area contributed by atoms with E-state index < -0.39 is 0 Å². The van der Waals surface area contributed by atoms with Gasteiger partial charge in [-0.2, -0.15) is 0 Å². The van der Waals surface area contributed by atoms with Crippen LogP contribution < -0.4 is 11.2 Å². The summed E-state index contributed by atoms with van der Waals surface area (Å²) in [5.74, 6) is 1.66. The minimum atomic E-state index is 0.184. The molecule has 0 bridgehead atoms. The highest BCUT2D eigenvalue weighted by atomic mass is 15.5. The Morgan fingerprint density at radius 2 is 1.88 bits per heavy atom. The molecule has 3 unspecified atom stereocenters. The van der Waals surface area contributed by atoms with Gasteiger partial charge in [-0.1, -0.05) is 20.3 Å². The molecule has 0 aromatic carbocycles. The SMILES string of the molecule is CC1CCC(CN)(NN2CCCCC2)CC1C. The number of nitrogens with zero attached hydrogens (tertiary/aromatic N) is 1. The number of rotatable bonds is 3. The Morgan fingerprint density at radius 1 is 1.18 bits per heavy atom. The van der Waals surface area contributed by atoms with Crippen LogP contribution in [0.15, 0.2) is 0 Å². The summed E-state index contributed by atoms with van der Waals surface area (Å²) in [6.07, 6.45) is 7.85. The summed E-state index contributed by atoms with van der Waals surface area (Å²) >= 11 is 0. The molecule has 1 saturated heterocycles. The molecule has 0 aromatic rings. The molecule has 1 saturated carbocycles. The lowest BCUT2D eigenvalue weighted by molar-refractivity contribution is 0.0366. The van der Waals surface area contributed by atoms with E-state index in [4.69, 9.17) is 5.73 Å². The molecular formula is C14H29N3. The summed E-state index contributed by atoms with van der Waals surface area (Å²) in [6.45, 7) is 7.94. The van der Waals surface area contributed by atoms with E-state index in [9.17, 15) is 0 Å². The average Bonchev–Trinajstić information content (AvgIpc) is 2.35. The van der Waals surface area contributed by atoms with Gasteiger partial charge in [0.2, 0.25) is 0 Å². The lowest BCUT2D eigenvalue weighted by atomic mass is 9.71. The minimum absolute atomic E-state index is 0.184. The quantitative estimate of drug-likeness (QED) is 0.793. The van der Waals surface area contributed by atoms with Crippen molar-refractivity contribution in [3.63, 3.8) is 0 Å². The van der Waals surface area contributed by atoms with Gasteiger partial charge in [-0.15, -0.1) is 0 Å². The van der Waals surface area contributed by atoms with Crippen LogP contribution in [0.5, 0.6) is 0 Å². The fraction of sp³-hybridized carbons (Fsp3) is 1.00. The lowest BCUT2D eigenvalue weighted by Crippen LogP contribution is -2.61. The van der Waals surface area contributed by atoms with Gasteiger partial charge in [0.1, 0.15) is 0 Å². The van der Waals surface area contributed by atoms with Gasteiger partial charge in [-0.3, -0.25) is 0 Å².